The molecule has 2 heterocycles. The van der Waals surface area contributed by atoms with Gasteiger partial charge in [-0.05, 0) is 25.1 Å². The lowest BCUT2D eigenvalue weighted by Gasteiger charge is -2.03. The van der Waals surface area contributed by atoms with E-state index in [1.807, 2.05) is 18.2 Å². The van der Waals surface area contributed by atoms with E-state index < -0.39 is 0 Å². The summed E-state index contributed by atoms with van der Waals surface area (Å²) < 4.78 is 5.19. The van der Waals surface area contributed by atoms with Gasteiger partial charge in [-0.2, -0.15) is 0 Å². The van der Waals surface area contributed by atoms with Gasteiger partial charge in [0.25, 0.3) is 0 Å². The average Bonchev–Trinajstić information content (AvgIpc) is 2.96. The van der Waals surface area contributed by atoms with Gasteiger partial charge in [-0.15, -0.1) is 11.3 Å². The molecular formula is C14H19N3O2S. The smallest absolute Gasteiger partial charge is 0.142 e. The van der Waals surface area contributed by atoms with Crippen LogP contribution in [-0.2, 0) is 11.3 Å². The van der Waals surface area contributed by atoms with Crippen molar-refractivity contribution >= 4 is 11.3 Å². The van der Waals surface area contributed by atoms with Crippen molar-refractivity contribution in [2.24, 2.45) is 0 Å². The fourth-order valence-corrected chi connectivity index (χ4v) is 2.47. The Morgan fingerprint density at radius 3 is 3.05 bits per heavy atom. The minimum Gasteiger partial charge on any atom is -0.394 e. The molecule has 0 amide bonds. The average molecular weight is 293 g/mol. The third-order valence-corrected chi connectivity index (χ3v) is 3.53. The summed E-state index contributed by atoms with van der Waals surface area (Å²) in [5.74, 6) is 0. The summed E-state index contributed by atoms with van der Waals surface area (Å²) in [5, 5.41) is 14.9. The molecule has 0 bridgehead atoms. The van der Waals surface area contributed by atoms with E-state index in [0.29, 0.717) is 13.2 Å². The van der Waals surface area contributed by atoms with Crippen molar-refractivity contribution in [3.05, 3.63) is 35.5 Å². The predicted molar refractivity (Wildman–Crippen MR) is 79.6 cm³/mol. The van der Waals surface area contributed by atoms with E-state index in [1.54, 1.807) is 17.5 Å². The number of ether oxygens (including phenoxy) is 1. The molecule has 0 unspecified atom stereocenters. The first kappa shape index (κ1) is 15.1. The van der Waals surface area contributed by atoms with E-state index >= 15 is 0 Å². The quantitative estimate of drug-likeness (QED) is 0.689. The molecule has 0 spiro atoms. The zero-order valence-corrected chi connectivity index (χ0v) is 12.1. The lowest BCUT2D eigenvalue weighted by molar-refractivity contribution is 0.0907. The third-order valence-electron chi connectivity index (χ3n) is 2.62. The van der Waals surface area contributed by atoms with Crippen LogP contribution in [-0.4, -0.2) is 41.4 Å². The number of hydrogen-bond acceptors (Lipinski definition) is 6. The maximum atomic E-state index is 8.56. The van der Waals surface area contributed by atoms with Gasteiger partial charge in [0.05, 0.1) is 24.6 Å². The molecule has 2 aromatic rings. The normalized spacial score (nSPS) is 10.8. The number of aliphatic hydroxyl groups is 1. The molecule has 0 aromatic carbocycles. The van der Waals surface area contributed by atoms with E-state index in [4.69, 9.17) is 9.84 Å². The molecule has 5 nitrogen and oxygen atoms in total. The number of hydrogen-bond donors (Lipinski definition) is 2. The molecule has 2 N–H and O–H groups in total. The van der Waals surface area contributed by atoms with E-state index in [0.717, 1.165) is 35.9 Å². The first-order valence-electron chi connectivity index (χ1n) is 6.65. The summed E-state index contributed by atoms with van der Waals surface area (Å²) in [7, 11) is 0. The molecule has 0 aliphatic heterocycles. The highest BCUT2D eigenvalue weighted by molar-refractivity contribution is 7.13. The minimum atomic E-state index is 0.0859. The Labute approximate surface area is 122 Å². The van der Waals surface area contributed by atoms with Crippen LogP contribution in [0.5, 0.6) is 0 Å². The van der Waals surface area contributed by atoms with Crippen molar-refractivity contribution in [2.45, 2.75) is 13.0 Å². The molecule has 108 valence electrons. The SMILES string of the molecule is OCCOCCCNCc1csc(-c2ccccn2)n1. The minimum absolute atomic E-state index is 0.0859. The van der Waals surface area contributed by atoms with Gasteiger partial charge in [0.1, 0.15) is 5.01 Å². The van der Waals surface area contributed by atoms with Gasteiger partial charge in [0.2, 0.25) is 0 Å². The fraction of sp³-hybridized carbons (Fsp3) is 0.429. The largest absolute Gasteiger partial charge is 0.394 e. The zero-order valence-electron chi connectivity index (χ0n) is 11.3. The first-order valence-corrected chi connectivity index (χ1v) is 7.53. The van der Waals surface area contributed by atoms with Crippen LogP contribution in [0.25, 0.3) is 10.7 Å². The van der Waals surface area contributed by atoms with Crippen LogP contribution in [0.4, 0.5) is 0 Å². The lowest BCUT2D eigenvalue weighted by Crippen LogP contribution is -2.17. The highest BCUT2D eigenvalue weighted by Crippen LogP contribution is 2.20. The van der Waals surface area contributed by atoms with Crippen molar-refractivity contribution in [2.75, 3.05) is 26.4 Å². The van der Waals surface area contributed by atoms with Crippen LogP contribution in [0.1, 0.15) is 12.1 Å². The number of nitrogens with one attached hydrogen (secondary N) is 1. The molecule has 0 aliphatic carbocycles. The Morgan fingerprint density at radius 2 is 2.25 bits per heavy atom. The number of rotatable bonds is 9. The monoisotopic (exact) mass is 293 g/mol. The van der Waals surface area contributed by atoms with Crippen molar-refractivity contribution in [3.63, 3.8) is 0 Å². The molecule has 0 fully saturated rings. The summed E-state index contributed by atoms with van der Waals surface area (Å²) in [4.78, 5) is 8.85. The summed E-state index contributed by atoms with van der Waals surface area (Å²) in [5.41, 5.74) is 1.95. The van der Waals surface area contributed by atoms with E-state index in [-0.39, 0.29) is 6.61 Å². The van der Waals surface area contributed by atoms with Crippen LogP contribution in [0.15, 0.2) is 29.8 Å². The Bertz CT molecular complexity index is 490. The zero-order chi connectivity index (χ0) is 14.0. The summed E-state index contributed by atoms with van der Waals surface area (Å²) in [6, 6.07) is 5.83. The van der Waals surface area contributed by atoms with Gasteiger partial charge in [-0.3, -0.25) is 4.98 Å². The molecule has 0 saturated carbocycles. The Balaban J connectivity index is 1.69. The second-order valence-corrected chi connectivity index (χ2v) is 5.08. The van der Waals surface area contributed by atoms with Crippen LogP contribution in [0.2, 0.25) is 0 Å². The van der Waals surface area contributed by atoms with Gasteiger partial charge in [-0.25, -0.2) is 4.98 Å². The van der Waals surface area contributed by atoms with Gasteiger partial charge in [0, 0.05) is 24.7 Å². The molecule has 6 heteroatoms. The van der Waals surface area contributed by atoms with Gasteiger partial charge < -0.3 is 15.2 Å². The third kappa shape index (κ3) is 4.97. The summed E-state index contributed by atoms with van der Waals surface area (Å²) in [6.45, 7) is 2.80. The highest BCUT2D eigenvalue weighted by atomic mass is 32.1. The maximum Gasteiger partial charge on any atom is 0.142 e. The standard InChI is InChI=1S/C14H19N3O2S/c18-7-9-19-8-3-5-15-10-12-11-20-14(17-12)13-4-1-2-6-16-13/h1-2,4,6,11,15,18H,3,5,7-10H2. The predicted octanol–water partition coefficient (Wildman–Crippen LogP) is 1.69. The van der Waals surface area contributed by atoms with E-state index in [1.165, 1.54) is 0 Å². The summed E-state index contributed by atoms with van der Waals surface area (Å²) in [6.07, 6.45) is 2.71. The number of nitrogens with zero attached hydrogens (tertiary/aromatic N) is 2. The van der Waals surface area contributed by atoms with Crippen molar-refractivity contribution in [1.29, 1.82) is 0 Å². The number of aromatic nitrogens is 2. The van der Waals surface area contributed by atoms with Crippen molar-refractivity contribution in [1.82, 2.24) is 15.3 Å². The Morgan fingerprint density at radius 1 is 1.30 bits per heavy atom. The first-order chi connectivity index (χ1) is 9.90. The second-order valence-electron chi connectivity index (χ2n) is 4.23. The summed E-state index contributed by atoms with van der Waals surface area (Å²) >= 11 is 1.61. The van der Waals surface area contributed by atoms with Crippen LogP contribution >= 0.6 is 11.3 Å². The highest BCUT2D eigenvalue weighted by Gasteiger charge is 2.04. The van der Waals surface area contributed by atoms with E-state index in [2.05, 4.69) is 20.7 Å². The fourth-order valence-electron chi connectivity index (χ4n) is 1.68. The van der Waals surface area contributed by atoms with Crippen molar-refractivity contribution < 1.29 is 9.84 Å². The lowest BCUT2D eigenvalue weighted by atomic mass is 10.3. The molecule has 0 atom stereocenters. The van der Waals surface area contributed by atoms with Crippen LogP contribution in [0.3, 0.4) is 0 Å². The number of thiazole rings is 1. The topological polar surface area (TPSA) is 67.3 Å². The molecule has 0 saturated heterocycles. The maximum absolute atomic E-state index is 8.56. The molecule has 0 aliphatic rings. The molecule has 2 aromatic heterocycles. The number of pyridine rings is 1. The molecule has 2 rings (SSSR count). The van der Waals surface area contributed by atoms with Gasteiger partial charge in [-0.1, -0.05) is 6.07 Å². The second kappa shape index (κ2) is 8.76. The van der Waals surface area contributed by atoms with E-state index in [9.17, 15) is 0 Å². The van der Waals surface area contributed by atoms with Crippen molar-refractivity contribution in [3.8, 4) is 10.7 Å². The van der Waals surface area contributed by atoms with Crippen LogP contribution in [0, 0.1) is 0 Å². The number of aliphatic hydroxyl groups excluding tert-OH is 1. The Kier molecular flexibility index (Phi) is 6.59. The van der Waals surface area contributed by atoms with Crippen LogP contribution < -0.4 is 5.32 Å². The molecule has 20 heavy (non-hydrogen) atoms. The Hall–Kier alpha value is -1.34. The van der Waals surface area contributed by atoms with Gasteiger partial charge in [0.15, 0.2) is 0 Å². The van der Waals surface area contributed by atoms with Gasteiger partial charge >= 0.3 is 0 Å². The molecule has 0 radical (unpaired) electrons. The molecular weight excluding hydrogens is 274 g/mol.